The van der Waals surface area contributed by atoms with E-state index in [0.717, 1.165) is 0 Å². The van der Waals surface area contributed by atoms with Gasteiger partial charge in [-0.3, -0.25) is 0 Å². The molecule has 0 heterocycles. The molecule has 0 amide bonds. The quantitative estimate of drug-likeness (QED) is 0.312. The van der Waals surface area contributed by atoms with E-state index in [4.69, 9.17) is 0 Å². The smallest absolute Gasteiger partial charge is 0.200 e. The highest BCUT2D eigenvalue weighted by atomic mass is 19.2. The van der Waals surface area contributed by atoms with E-state index in [2.05, 4.69) is 0 Å². The highest BCUT2D eigenvalue weighted by Gasteiger charge is 2.27. The Morgan fingerprint density at radius 3 is 1.53 bits per heavy atom. The summed E-state index contributed by atoms with van der Waals surface area (Å²) in [5.41, 5.74) is -0.742. The molecule has 0 saturated heterocycles. The topological polar surface area (TPSA) is 0 Å². The molecule has 0 radical (unpaired) electrons. The number of benzene rings is 1. The minimum Gasteiger partial charge on any atom is -0.203 e. The average Bonchev–Trinajstić information content (AvgIpc) is 2.23. The fraction of sp³-hybridized carbons (Fsp3) is 0.333. The first-order valence-corrected chi connectivity index (χ1v) is 4.43. The van der Waals surface area contributed by atoms with Crippen molar-refractivity contribution < 1.29 is 22.0 Å². The van der Waals surface area contributed by atoms with Crippen LogP contribution in [-0.2, 0) is 0 Å². The lowest BCUT2D eigenvalue weighted by Gasteiger charge is -2.13. The zero-order chi connectivity index (χ0) is 11.7. The molecule has 0 unspecified atom stereocenters. The fourth-order valence-electron chi connectivity index (χ4n) is 1.26. The van der Waals surface area contributed by atoms with Crippen molar-refractivity contribution in [1.29, 1.82) is 0 Å². The number of hydrogen-bond acceptors (Lipinski definition) is 0. The van der Waals surface area contributed by atoms with Crippen LogP contribution in [-0.4, -0.2) is 7.85 Å². The van der Waals surface area contributed by atoms with Crippen molar-refractivity contribution in [3.8, 4) is 0 Å². The third-order valence-corrected chi connectivity index (χ3v) is 2.35. The van der Waals surface area contributed by atoms with E-state index in [-0.39, 0.29) is 0 Å². The maximum atomic E-state index is 13.1. The van der Waals surface area contributed by atoms with Crippen LogP contribution in [0.15, 0.2) is 0 Å². The predicted octanol–water partition coefficient (Wildman–Crippen LogP) is 2.47. The highest BCUT2D eigenvalue weighted by molar-refractivity contribution is 6.12. The lowest BCUT2D eigenvalue weighted by atomic mass is 9.78. The zero-order valence-electron chi connectivity index (χ0n) is 8.17. The van der Waals surface area contributed by atoms with Crippen molar-refractivity contribution in [2.24, 2.45) is 0 Å². The minimum absolute atomic E-state index is 0.290. The van der Waals surface area contributed by atoms with Gasteiger partial charge < -0.3 is 0 Å². The van der Waals surface area contributed by atoms with Crippen molar-refractivity contribution in [3.05, 3.63) is 34.6 Å². The molecule has 0 fully saturated rings. The lowest BCUT2D eigenvalue weighted by molar-refractivity contribution is 0.368. The zero-order valence-corrected chi connectivity index (χ0v) is 8.17. The van der Waals surface area contributed by atoms with E-state index < -0.39 is 40.5 Å². The van der Waals surface area contributed by atoms with Crippen LogP contribution >= 0.6 is 0 Å². The first-order chi connectivity index (χ1) is 6.91. The van der Waals surface area contributed by atoms with Gasteiger partial charge in [0.2, 0.25) is 5.82 Å². The summed E-state index contributed by atoms with van der Waals surface area (Å²) in [5.74, 6) is -10.1. The van der Waals surface area contributed by atoms with E-state index in [1.54, 1.807) is 6.92 Å². The molecule has 0 nitrogen and oxygen atoms in total. The second kappa shape index (κ2) is 4.20. The second-order valence-electron chi connectivity index (χ2n) is 3.29. The Morgan fingerprint density at radius 1 is 0.867 bits per heavy atom. The van der Waals surface area contributed by atoms with Gasteiger partial charge in [0.1, 0.15) is 7.85 Å². The van der Waals surface area contributed by atoms with Crippen LogP contribution in [0, 0.1) is 29.1 Å². The molecule has 1 rings (SSSR count). The summed E-state index contributed by atoms with van der Waals surface area (Å²) < 4.78 is 64.4. The Balaban J connectivity index is 3.52. The molecule has 1 aromatic rings. The standard InChI is InChI=1S/C9H8BF5/c1-2-3(10)4-5(11)7(13)9(15)8(14)6(4)12/h3H,2,10H2,1H3/t3-/m1/s1. The molecule has 0 saturated carbocycles. The molecule has 1 atom stereocenters. The summed E-state index contributed by atoms with van der Waals surface area (Å²) >= 11 is 0. The Bertz CT molecular complexity index is 362. The van der Waals surface area contributed by atoms with Gasteiger partial charge in [-0.05, 0) is 5.82 Å². The largest absolute Gasteiger partial charge is 0.203 e. The van der Waals surface area contributed by atoms with Gasteiger partial charge in [-0.1, -0.05) is 13.3 Å². The van der Waals surface area contributed by atoms with Gasteiger partial charge in [0.05, 0.1) is 0 Å². The van der Waals surface area contributed by atoms with Crippen molar-refractivity contribution in [3.63, 3.8) is 0 Å². The summed E-state index contributed by atoms with van der Waals surface area (Å²) in [6.07, 6.45) is 0.290. The SMILES string of the molecule is B[C@H](CC)c1c(F)c(F)c(F)c(F)c1F. The monoisotopic (exact) mass is 222 g/mol. The molecule has 1 aromatic carbocycles. The van der Waals surface area contributed by atoms with Gasteiger partial charge in [0, 0.05) is 5.56 Å². The molecule has 0 aliphatic rings. The first kappa shape index (κ1) is 12.0. The Labute approximate surface area is 84.5 Å². The average molecular weight is 222 g/mol. The molecule has 0 bridgehead atoms. The molecule has 6 heteroatoms. The van der Waals surface area contributed by atoms with Crippen LogP contribution < -0.4 is 0 Å². The molecule has 0 aliphatic heterocycles. The highest BCUT2D eigenvalue weighted by Crippen LogP contribution is 2.28. The third-order valence-electron chi connectivity index (χ3n) is 2.35. The molecule has 82 valence electrons. The Hall–Kier alpha value is -1.07. The van der Waals surface area contributed by atoms with Gasteiger partial charge in [0.25, 0.3) is 0 Å². The Kier molecular flexibility index (Phi) is 3.37. The molecule has 0 aromatic heterocycles. The molecular formula is C9H8BF5. The van der Waals surface area contributed by atoms with Gasteiger partial charge in [-0.25, -0.2) is 22.0 Å². The second-order valence-corrected chi connectivity index (χ2v) is 3.29. The lowest BCUT2D eigenvalue weighted by Crippen LogP contribution is -2.11. The predicted molar refractivity (Wildman–Crippen MR) is 47.8 cm³/mol. The molecular weight excluding hydrogens is 214 g/mol. The Morgan fingerprint density at radius 2 is 1.20 bits per heavy atom. The summed E-state index contributed by atoms with van der Waals surface area (Å²) in [6.45, 7) is 1.60. The summed E-state index contributed by atoms with van der Waals surface area (Å²) in [6, 6.07) is 0. The molecule has 0 spiro atoms. The van der Waals surface area contributed by atoms with Crippen LogP contribution in [0.25, 0.3) is 0 Å². The number of hydrogen-bond donors (Lipinski definition) is 0. The van der Waals surface area contributed by atoms with Crippen LogP contribution in [0.1, 0.15) is 24.7 Å². The minimum atomic E-state index is -2.11. The van der Waals surface area contributed by atoms with Crippen molar-refractivity contribution in [1.82, 2.24) is 0 Å². The van der Waals surface area contributed by atoms with Crippen LogP contribution in [0.2, 0.25) is 0 Å². The summed E-state index contributed by atoms with van der Waals surface area (Å²) in [7, 11) is 1.40. The number of rotatable bonds is 2. The maximum absolute atomic E-state index is 13.1. The first-order valence-electron chi connectivity index (χ1n) is 4.43. The van der Waals surface area contributed by atoms with Gasteiger partial charge in [0.15, 0.2) is 23.3 Å². The van der Waals surface area contributed by atoms with Crippen molar-refractivity contribution in [2.75, 3.05) is 0 Å². The normalized spacial score (nSPS) is 12.9. The van der Waals surface area contributed by atoms with Gasteiger partial charge >= 0.3 is 0 Å². The van der Waals surface area contributed by atoms with Crippen LogP contribution in [0.5, 0.6) is 0 Å². The molecule has 0 aliphatic carbocycles. The summed E-state index contributed by atoms with van der Waals surface area (Å²) in [5, 5.41) is 0. The van der Waals surface area contributed by atoms with Crippen LogP contribution in [0.4, 0.5) is 22.0 Å². The van der Waals surface area contributed by atoms with E-state index in [9.17, 15) is 22.0 Å². The van der Waals surface area contributed by atoms with Gasteiger partial charge in [-0.2, -0.15) is 0 Å². The summed E-state index contributed by atoms with van der Waals surface area (Å²) in [4.78, 5) is 0. The van der Waals surface area contributed by atoms with Crippen molar-refractivity contribution >= 4 is 7.85 Å². The molecule has 0 N–H and O–H groups in total. The van der Waals surface area contributed by atoms with E-state index in [0.29, 0.717) is 6.42 Å². The van der Waals surface area contributed by atoms with Crippen LogP contribution in [0.3, 0.4) is 0 Å². The van der Waals surface area contributed by atoms with Crippen molar-refractivity contribution in [2.45, 2.75) is 19.2 Å². The third kappa shape index (κ3) is 1.85. The number of halogens is 5. The molecule has 15 heavy (non-hydrogen) atoms. The fourth-order valence-corrected chi connectivity index (χ4v) is 1.26. The van der Waals surface area contributed by atoms with E-state index >= 15 is 0 Å². The maximum Gasteiger partial charge on any atom is 0.200 e. The van der Waals surface area contributed by atoms with Gasteiger partial charge in [-0.15, -0.1) is 0 Å². The van der Waals surface area contributed by atoms with E-state index in [1.807, 2.05) is 0 Å². The van der Waals surface area contributed by atoms with E-state index in [1.165, 1.54) is 7.85 Å².